The molecule has 0 fully saturated rings. The van der Waals surface area contributed by atoms with Crippen LogP contribution in [0.25, 0.3) is 0 Å². The molecule has 0 bridgehead atoms. The molecule has 0 saturated heterocycles. The molecule has 2 rings (SSSR count). The van der Waals surface area contributed by atoms with Crippen LogP contribution in [0.15, 0.2) is 47.6 Å². The summed E-state index contributed by atoms with van der Waals surface area (Å²) < 4.78 is 18.9. The minimum absolute atomic E-state index is 0.0387. The highest BCUT2D eigenvalue weighted by Crippen LogP contribution is 2.29. The van der Waals surface area contributed by atoms with E-state index in [0.29, 0.717) is 5.02 Å². The highest BCUT2D eigenvalue weighted by atomic mass is 35.5. The van der Waals surface area contributed by atoms with Crippen molar-refractivity contribution >= 4 is 17.4 Å². The third-order valence-corrected chi connectivity index (χ3v) is 2.62. The Balaban J connectivity index is 2.43. The Hall–Kier alpha value is -2.27. The molecule has 0 amide bonds. The van der Waals surface area contributed by atoms with Crippen molar-refractivity contribution in [3.05, 3.63) is 58.9 Å². The van der Waals surface area contributed by atoms with Gasteiger partial charge >= 0.3 is 0 Å². The molecule has 19 heavy (non-hydrogen) atoms. The molecule has 0 aliphatic rings. The van der Waals surface area contributed by atoms with Crippen molar-refractivity contribution in [3.8, 4) is 11.5 Å². The number of amidine groups is 1. The summed E-state index contributed by atoms with van der Waals surface area (Å²) in [5, 5.41) is 12.0. The summed E-state index contributed by atoms with van der Waals surface area (Å²) in [4.78, 5) is 0. The van der Waals surface area contributed by atoms with Crippen LogP contribution in [0.3, 0.4) is 0 Å². The molecule has 0 saturated carbocycles. The lowest BCUT2D eigenvalue weighted by Crippen LogP contribution is -2.14. The van der Waals surface area contributed by atoms with Gasteiger partial charge in [-0.15, -0.1) is 0 Å². The van der Waals surface area contributed by atoms with Crippen LogP contribution in [0.2, 0.25) is 5.02 Å². The Morgan fingerprint density at radius 3 is 2.63 bits per heavy atom. The van der Waals surface area contributed by atoms with Crippen molar-refractivity contribution in [2.45, 2.75) is 0 Å². The van der Waals surface area contributed by atoms with E-state index in [-0.39, 0.29) is 22.9 Å². The van der Waals surface area contributed by atoms with Crippen LogP contribution in [0, 0.1) is 5.82 Å². The minimum Gasteiger partial charge on any atom is -0.454 e. The first-order valence-corrected chi connectivity index (χ1v) is 5.69. The van der Waals surface area contributed by atoms with E-state index < -0.39 is 5.82 Å². The number of rotatable bonds is 3. The van der Waals surface area contributed by atoms with Crippen molar-refractivity contribution in [3.63, 3.8) is 0 Å². The number of nitrogens with two attached hydrogens (primary N) is 1. The van der Waals surface area contributed by atoms with Gasteiger partial charge in [-0.2, -0.15) is 0 Å². The topological polar surface area (TPSA) is 67.8 Å². The zero-order chi connectivity index (χ0) is 13.8. The molecule has 98 valence electrons. The van der Waals surface area contributed by atoms with E-state index in [1.54, 1.807) is 18.2 Å². The van der Waals surface area contributed by atoms with Crippen LogP contribution in [-0.4, -0.2) is 11.0 Å². The van der Waals surface area contributed by atoms with Crippen molar-refractivity contribution < 1.29 is 14.3 Å². The number of benzene rings is 2. The fourth-order valence-corrected chi connectivity index (χ4v) is 1.66. The molecule has 0 aliphatic heterocycles. The third kappa shape index (κ3) is 2.95. The largest absolute Gasteiger partial charge is 0.454 e. The van der Waals surface area contributed by atoms with Crippen LogP contribution >= 0.6 is 11.6 Å². The Kier molecular flexibility index (Phi) is 3.87. The number of para-hydroxylation sites is 1. The minimum atomic E-state index is -0.511. The van der Waals surface area contributed by atoms with Gasteiger partial charge in [0.2, 0.25) is 0 Å². The summed E-state index contributed by atoms with van der Waals surface area (Å²) in [6, 6.07) is 10.5. The van der Waals surface area contributed by atoms with E-state index in [2.05, 4.69) is 5.16 Å². The predicted octanol–water partition coefficient (Wildman–Crippen LogP) is 3.37. The molecule has 0 heterocycles. The fourth-order valence-electron chi connectivity index (χ4n) is 1.49. The molecule has 0 radical (unpaired) electrons. The SMILES string of the molecule is N/C(=N/O)c1cc(Cl)ccc1Oc1ccccc1F. The Morgan fingerprint density at radius 2 is 1.95 bits per heavy atom. The highest BCUT2D eigenvalue weighted by molar-refractivity contribution is 6.31. The summed E-state index contributed by atoms with van der Waals surface area (Å²) in [6.45, 7) is 0. The van der Waals surface area contributed by atoms with Crippen molar-refractivity contribution in [1.29, 1.82) is 0 Å². The first-order chi connectivity index (χ1) is 9.11. The maximum atomic E-state index is 13.5. The maximum absolute atomic E-state index is 13.5. The molecule has 0 atom stereocenters. The normalized spacial score (nSPS) is 11.4. The van der Waals surface area contributed by atoms with Gasteiger partial charge in [-0.1, -0.05) is 28.9 Å². The molecule has 0 aromatic heterocycles. The monoisotopic (exact) mass is 280 g/mol. The summed E-state index contributed by atoms with van der Waals surface area (Å²) in [5.74, 6) is -0.404. The summed E-state index contributed by atoms with van der Waals surface area (Å²) in [7, 11) is 0. The lowest BCUT2D eigenvalue weighted by atomic mass is 10.2. The number of hydrogen-bond acceptors (Lipinski definition) is 3. The Bertz CT molecular complexity index is 632. The lowest BCUT2D eigenvalue weighted by molar-refractivity contribution is 0.318. The fraction of sp³-hybridized carbons (Fsp3) is 0. The smallest absolute Gasteiger partial charge is 0.173 e. The number of halogens is 2. The molecule has 2 aromatic rings. The molecular formula is C13H10ClFN2O2. The number of nitrogens with zero attached hydrogens (tertiary/aromatic N) is 1. The van der Waals surface area contributed by atoms with Crippen molar-refractivity contribution in [2.24, 2.45) is 10.9 Å². The van der Waals surface area contributed by atoms with Gasteiger partial charge in [-0.25, -0.2) is 4.39 Å². The third-order valence-electron chi connectivity index (χ3n) is 2.38. The van der Waals surface area contributed by atoms with E-state index in [1.807, 2.05) is 0 Å². The standard InChI is InChI=1S/C13H10ClFN2O2/c14-8-5-6-11(9(7-8)13(16)17-18)19-12-4-2-1-3-10(12)15/h1-7,18H,(H2,16,17). The van der Waals surface area contributed by atoms with E-state index in [1.165, 1.54) is 24.3 Å². The summed E-state index contributed by atoms with van der Waals surface area (Å²) >= 11 is 5.83. The van der Waals surface area contributed by atoms with Gasteiger partial charge in [-0.05, 0) is 30.3 Å². The predicted molar refractivity (Wildman–Crippen MR) is 70.4 cm³/mol. The molecule has 2 aromatic carbocycles. The van der Waals surface area contributed by atoms with Gasteiger partial charge in [0.25, 0.3) is 0 Å². The zero-order valence-corrected chi connectivity index (χ0v) is 10.4. The highest BCUT2D eigenvalue weighted by Gasteiger charge is 2.12. The van der Waals surface area contributed by atoms with Gasteiger partial charge in [0.05, 0.1) is 5.56 Å². The molecule has 3 N–H and O–H groups in total. The van der Waals surface area contributed by atoms with Crippen LogP contribution in [0.4, 0.5) is 4.39 Å². The second-order valence-corrected chi connectivity index (χ2v) is 4.09. The molecule has 4 nitrogen and oxygen atoms in total. The molecular weight excluding hydrogens is 271 g/mol. The van der Waals surface area contributed by atoms with Crippen LogP contribution in [-0.2, 0) is 0 Å². The van der Waals surface area contributed by atoms with Gasteiger partial charge in [0.15, 0.2) is 17.4 Å². The zero-order valence-electron chi connectivity index (χ0n) is 9.68. The second-order valence-electron chi connectivity index (χ2n) is 3.66. The first-order valence-electron chi connectivity index (χ1n) is 5.31. The van der Waals surface area contributed by atoms with E-state index in [9.17, 15) is 4.39 Å². The molecule has 0 aliphatic carbocycles. The maximum Gasteiger partial charge on any atom is 0.173 e. The average Bonchev–Trinajstić information content (AvgIpc) is 2.42. The average molecular weight is 281 g/mol. The number of hydrogen-bond donors (Lipinski definition) is 2. The lowest BCUT2D eigenvalue weighted by Gasteiger charge is -2.11. The van der Waals surface area contributed by atoms with E-state index >= 15 is 0 Å². The Labute approximate surface area is 113 Å². The first kappa shape index (κ1) is 13.2. The number of oxime groups is 1. The summed E-state index contributed by atoms with van der Waals surface area (Å²) in [6.07, 6.45) is 0. The van der Waals surface area contributed by atoms with E-state index in [4.69, 9.17) is 27.3 Å². The molecule has 0 spiro atoms. The van der Waals surface area contributed by atoms with Gasteiger partial charge in [-0.3, -0.25) is 0 Å². The van der Waals surface area contributed by atoms with E-state index in [0.717, 1.165) is 0 Å². The van der Waals surface area contributed by atoms with Crippen LogP contribution in [0.1, 0.15) is 5.56 Å². The molecule has 6 heteroatoms. The van der Waals surface area contributed by atoms with Gasteiger partial charge in [0, 0.05) is 5.02 Å². The van der Waals surface area contributed by atoms with Crippen molar-refractivity contribution in [2.75, 3.05) is 0 Å². The molecule has 0 unspecified atom stereocenters. The summed E-state index contributed by atoms with van der Waals surface area (Å²) in [5.41, 5.74) is 5.80. The van der Waals surface area contributed by atoms with Crippen LogP contribution in [0.5, 0.6) is 11.5 Å². The van der Waals surface area contributed by atoms with Crippen LogP contribution < -0.4 is 10.5 Å². The van der Waals surface area contributed by atoms with Gasteiger partial charge in [0.1, 0.15) is 5.75 Å². The Morgan fingerprint density at radius 1 is 1.21 bits per heavy atom. The quantitative estimate of drug-likeness (QED) is 0.392. The van der Waals surface area contributed by atoms with Crippen molar-refractivity contribution in [1.82, 2.24) is 0 Å². The van der Waals surface area contributed by atoms with Gasteiger partial charge < -0.3 is 15.7 Å². The second kappa shape index (κ2) is 5.58. The number of ether oxygens (including phenoxy) is 1.